The summed E-state index contributed by atoms with van der Waals surface area (Å²) in [5.74, 6) is 1.86. The summed E-state index contributed by atoms with van der Waals surface area (Å²) >= 11 is 0. The second-order valence-electron chi connectivity index (χ2n) is 6.22. The minimum absolute atomic E-state index is 0. The van der Waals surface area contributed by atoms with Gasteiger partial charge in [0.25, 0.3) is 0 Å². The van der Waals surface area contributed by atoms with E-state index in [1.165, 1.54) is 10.8 Å². The second kappa shape index (κ2) is 8.94. The third kappa shape index (κ3) is 4.82. The van der Waals surface area contributed by atoms with Gasteiger partial charge < -0.3 is 20.5 Å². The zero-order valence-corrected chi connectivity index (χ0v) is 17.2. The van der Waals surface area contributed by atoms with Crippen molar-refractivity contribution in [3.63, 3.8) is 0 Å². The highest BCUT2D eigenvalue weighted by atomic mass is 127. The molecule has 5 nitrogen and oxygen atoms in total. The molecule has 0 spiro atoms. The Morgan fingerprint density at radius 3 is 2.56 bits per heavy atom. The molecule has 0 bridgehead atoms. The van der Waals surface area contributed by atoms with E-state index in [9.17, 15) is 0 Å². The van der Waals surface area contributed by atoms with Gasteiger partial charge in [0.05, 0.1) is 19.8 Å². The van der Waals surface area contributed by atoms with E-state index in [4.69, 9.17) is 15.2 Å². The molecular formula is C21H22IN3O2. The van der Waals surface area contributed by atoms with E-state index in [1.54, 1.807) is 0 Å². The van der Waals surface area contributed by atoms with Crippen molar-refractivity contribution >= 4 is 46.4 Å². The number of nitrogens with one attached hydrogen (secondary N) is 1. The molecule has 6 heteroatoms. The molecule has 27 heavy (non-hydrogen) atoms. The molecule has 0 aromatic heterocycles. The largest absolute Gasteiger partial charge is 0.490 e. The number of aliphatic imine (C=N–C) groups is 1. The lowest BCUT2D eigenvalue weighted by molar-refractivity contribution is 0.297. The van der Waals surface area contributed by atoms with Gasteiger partial charge in [0.15, 0.2) is 17.5 Å². The van der Waals surface area contributed by atoms with Crippen LogP contribution in [0.15, 0.2) is 65.7 Å². The van der Waals surface area contributed by atoms with Crippen molar-refractivity contribution in [1.82, 2.24) is 0 Å². The number of hydrogen-bond donors (Lipinski definition) is 2. The van der Waals surface area contributed by atoms with Crippen LogP contribution in [-0.4, -0.2) is 19.2 Å². The third-order valence-electron chi connectivity index (χ3n) is 4.27. The standard InChI is InChI=1S/C21H21N3O2.HI/c22-21(23-14-15-6-7-16-4-1-2-5-17(16)12-15)24-18-8-9-19-20(13-18)26-11-3-10-25-19;/h1-2,4-9,12-13H,3,10-11,14H2,(H3,22,23,24);1H. The fourth-order valence-electron chi connectivity index (χ4n) is 2.94. The van der Waals surface area contributed by atoms with E-state index in [0.29, 0.717) is 25.7 Å². The van der Waals surface area contributed by atoms with E-state index < -0.39 is 0 Å². The van der Waals surface area contributed by atoms with Crippen LogP contribution < -0.4 is 20.5 Å². The summed E-state index contributed by atoms with van der Waals surface area (Å²) in [4.78, 5) is 4.44. The summed E-state index contributed by atoms with van der Waals surface area (Å²) in [7, 11) is 0. The van der Waals surface area contributed by atoms with E-state index in [1.807, 2.05) is 30.3 Å². The van der Waals surface area contributed by atoms with Gasteiger partial charge in [-0.05, 0) is 34.5 Å². The number of nitrogens with two attached hydrogens (primary N) is 1. The molecule has 3 aromatic carbocycles. The Balaban J connectivity index is 0.00000210. The number of ether oxygens (including phenoxy) is 2. The lowest BCUT2D eigenvalue weighted by atomic mass is 10.1. The number of anilines is 1. The van der Waals surface area contributed by atoms with Gasteiger partial charge in [0.2, 0.25) is 0 Å². The second-order valence-corrected chi connectivity index (χ2v) is 6.22. The Morgan fingerprint density at radius 1 is 0.926 bits per heavy atom. The molecule has 1 heterocycles. The Kier molecular flexibility index (Phi) is 6.39. The maximum atomic E-state index is 6.04. The average molecular weight is 475 g/mol. The van der Waals surface area contributed by atoms with Crippen LogP contribution in [0.2, 0.25) is 0 Å². The van der Waals surface area contributed by atoms with Gasteiger partial charge >= 0.3 is 0 Å². The molecule has 0 saturated carbocycles. The van der Waals surface area contributed by atoms with Gasteiger partial charge in [-0.25, -0.2) is 4.99 Å². The Morgan fingerprint density at radius 2 is 1.70 bits per heavy atom. The maximum Gasteiger partial charge on any atom is 0.193 e. The summed E-state index contributed by atoms with van der Waals surface area (Å²) in [6, 6.07) is 20.3. The zero-order valence-electron chi connectivity index (χ0n) is 14.9. The first-order chi connectivity index (χ1) is 12.8. The smallest absolute Gasteiger partial charge is 0.193 e. The van der Waals surface area contributed by atoms with Gasteiger partial charge in [-0.1, -0.05) is 36.4 Å². The van der Waals surface area contributed by atoms with Gasteiger partial charge in [-0.15, -0.1) is 24.0 Å². The Bertz CT molecular complexity index is 959. The van der Waals surface area contributed by atoms with Crippen LogP contribution in [-0.2, 0) is 6.54 Å². The van der Waals surface area contributed by atoms with Crippen LogP contribution in [0.5, 0.6) is 11.5 Å². The summed E-state index contributed by atoms with van der Waals surface area (Å²) in [5.41, 5.74) is 7.99. The number of rotatable bonds is 3. The maximum absolute atomic E-state index is 6.04. The summed E-state index contributed by atoms with van der Waals surface area (Å²) in [6.45, 7) is 1.85. The first-order valence-corrected chi connectivity index (χ1v) is 8.72. The van der Waals surface area contributed by atoms with Crippen LogP contribution in [0.3, 0.4) is 0 Å². The van der Waals surface area contributed by atoms with E-state index in [2.05, 4.69) is 40.6 Å². The number of hydrogen-bond acceptors (Lipinski definition) is 3. The first-order valence-electron chi connectivity index (χ1n) is 8.72. The van der Waals surface area contributed by atoms with Crippen LogP contribution in [0, 0.1) is 0 Å². The van der Waals surface area contributed by atoms with Crippen molar-refractivity contribution < 1.29 is 9.47 Å². The number of nitrogens with zero attached hydrogens (tertiary/aromatic N) is 1. The van der Waals surface area contributed by atoms with Crippen molar-refractivity contribution in [2.45, 2.75) is 13.0 Å². The third-order valence-corrected chi connectivity index (χ3v) is 4.27. The van der Waals surface area contributed by atoms with Crippen molar-refractivity contribution in [2.24, 2.45) is 10.7 Å². The SMILES string of the molecule is I.NC(=NCc1ccc2ccccc2c1)Nc1ccc2c(c1)OCCCO2. The molecule has 0 radical (unpaired) electrons. The predicted molar refractivity (Wildman–Crippen MR) is 120 cm³/mol. The number of benzene rings is 3. The molecule has 0 unspecified atom stereocenters. The molecule has 0 amide bonds. The molecule has 4 rings (SSSR count). The van der Waals surface area contributed by atoms with Gasteiger partial charge in [-0.3, -0.25) is 0 Å². The van der Waals surface area contributed by atoms with Crippen molar-refractivity contribution in [2.75, 3.05) is 18.5 Å². The Labute approximate surface area is 175 Å². The van der Waals surface area contributed by atoms with E-state index in [0.717, 1.165) is 29.2 Å². The Hall–Kier alpha value is -2.48. The van der Waals surface area contributed by atoms with Gasteiger partial charge in [0, 0.05) is 18.2 Å². The van der Waals surface area contributed by atoms with Crippen LogP contribution in [0.25, 0.3) is 10.8 Å². The van der Waals surface area contributed by atoms with Crippen molar-refractivity contribution in [3.05, 3.63) is 66.2 Å². The molecule has 1 aliphatic rings. The molecule has 3 aromatic rings. The number of halogens is 1. The first kappa shape index (κ1) is 19.3. The lowest BCUT2D eigenvalue weighted by Gasteiger charge is -2.11. The summed E-state index contributed by atoms with van der Waals surface area (Å²) in [5, 5.41) is 5.54. The fraction of sp³-hybridized carbons (Fsp3) is 0.190. The molecule has 0 aliphatic carbocycles. The monoisotopic (exact) mass is 475 g/mol. The minimum atomic E-state index is 0. The van der Waals surface area contributed by atoms with Crippen molar-refractivity contribution in [1.29, 1.82) is 0 Å². The van der Waals surface area contributed by atoms with Crippen LogP contribution in [0.4, 0.5) is 5.69 Å². The van der Waals surface area contributed by atoms with E-state index >= 15 is 0 Å². The zero-order chi connectivity index (χ0) is 17.8. The molecule has 140 valence electrons. The van der Waals surface area contributed by atoms with E-state index in [-0.39, 0.29) is 24.0 Å². The van der Waals surface area contributed by atoms with Crippen LogP contribution in [0.1, 0.15) is 12.0 Å². The lowest BCUT2D eigenvalue weighted by Crippen LogP contribution is -2.22. The molecule has 0 saturated heterocycles. The highest BCUT2D eigenvalue weighted by Crippen LogP contribution is 2.32. The minimum Gasteiger partial charge on any atom is -0.490 e. The van der Waals surface area contributed by atoms with Crippen LogP contribution >= 0.6 is 24.0 Å². The number of fused-ring (bicyclic) bond motifs is 2. The molecule has 1 aliphatic heterocycles. The number of guanidine groups is 1. The fourth-order valence-corrected chi connectivity index (χ4v) is 2.94. The van der Waals surface area contributed by atoms with Crippen molar-refractivity contribution in [3.8, 4) is 11.5 Å². The summed E-state index contributed by atoms with van der Waals surface area (Å²) in [6.07, 6.45) is 0.882. The highest BCUT2D eigenvalue weighted by molar-refractivity contribution is 14.0. The quantitative estimate of drug-likeness (QED) is 0.332. The topological polar surface area (TPSA) is 68.9 Å². The predicted octanol–water partition coefficient (Wildman–Crippen LogP) is 4.55. The normalized spacial score (nSPS) is 13.6. The average Bonchev–Trinajstić information content (AvgIpc) is 2.91. The molecule has 0 atom stereocenters. The van der Waals surface area contributed by atoms with Gasteiger partial charge in [0.1, 0.15) is 0 Å². The highest BCUT2D eigenvalue weighted by Gasteiger charge is 2.10. The molecular weight excluding hydrogens is 453 g/mol. The van der Waals surface area contributed by atoms with Gasteiger partial charge in [-0.2, -0.15) is 0 Å². The molecule has 0 fully saturated rings. The molecule has 3 N–H and O–H groups in total. The summed E-state index contributed by atoms with van der Waals surface area (Å²) < 4.78 is 11.3.